The van der Waals surface area contributed by atoms with Crippen molar-refractivity contribution in [2.45, 2.75) is 75.5 Å². The maximum absolute atomic E-state index is 9.80. The standard InChI is InChI=1S/C12H22O6/c1-6-9(14)10(15)11(16)12(17-6)18-8-5-3-2-4-7(8)13/h6-16H,2-5H2,1H3/t6-,7-,8-,9+,10+,11-,12+/m1/s1. The molecule has 0 amide bonds. The summed E-state index contributed by atoms with van der Waals surface area (Å²) in [5, 5.41) is 38.8. The molecule has 18 heavy (non-hydrogen) atoms. The van der Waals surface area contributed by atoms with Crippen LogP contribution in [-0.4, -0.2) is 63.3 Å². The third kappa shape index (κ3) is 2.84. The molecule has 6 heteroatoms. The molecule has 1 aliphatic heterocycles. The Hall–Kier alpha value is -0.240. The van der Waals surface area contributed by atoms with E-state index >= 15 is 0 Å². The lowest BCUT2D eigenvalue weighted by atomic mass is 9.94. The van der Waals surface area contributed by atoms with Crippen molar-refractivity contribution in [3.63, 3.8) is 0 Å². The van der Waals surface area contributed by atoms with E-state index in [4.69, 9.17) is 9.47 Å². The summed E-state index contributed by atoms with van der Waals surface area (Å²) in [5.41, 5.74) is 0. The second-order valence-electron chi connectivity index (χ2n) is 5.21. The van der Waals surface area contributed by atoms with Crippen molar-refractivity contribution in [1.29, 1.82) is 0 Å². The molecule has 0 aromatic heterocycles. The highest BCUT2D eigenvalue weighted by Crippen LogP contribution is 2.27. The second kappa shape index (κ2) is 5.81. The van der Waals surface area contributed by atoms with E-state index in [1.807, 2.05) is 0 Å². The van der Waals surface area contributed by atoms with Crippen LogP contribution in [0.25, 0.3) is 0 Å². The molecule has 2 aliphatic rings. The maximum Gasteiger partial charge on any atom is 0.186 e. The minimum Gasteiger partial charge on any atom is -0.390 e. The molecular weight excluding hydrogens is 240 g/mol. The van der Waals surface area contributed by atoms with E-state index in [2.05, 4.69) is 0 Å². The average Bonchev–Trinajstić information content (AvgIpc) is 2.36. The molecule has 0 aromatic rings. The summed E-state index contributed by atoms with van der Waals surface area (Å²) < 4.78 is 10.9. The normalized spacial score (nSPS) is 50.2. The van der Waals surface area contributed by atoms with E-state index in [0.717, 1.165) is 12.8 Å². The molecule has 7 atom stereocenters. The second-order valence-corrected chi connectivity index (χ2v) is 5.21. The smallest absolute Gasteiger partial charge is 0.186 e. The van der Waals surface area contributed by atoms with E-state index in [0.29, 0.717) is 12.8 Å². The summed E-state index contributed by atoms with van der Waals surface area (Å²) >= 11 is 0. The van der Waals surface area contributed by atoms with Crippen molar-refractivity contribution in [2.24, 2.45) is 0 Å². The van der Waals surface area contributed by atoms with E-state index in [9.17, 15) is 20.4 Å². The molecule has 0 unspecified atom stereocenters. The molecule has 106 valence electrons. The van der Waals surface area contributed by atoms with Crippen LogP contribution in [0.4, 0.5) is 0 Å². The summed E-state index contributed by atoms with van der Waals surface area (Å²) in [5.74, 6) is 0. The van der Waals surface area contributed by atoms with Crippen LogP contribution in [0.3, 0.4) is 0 Å². The van der Waals surface area contributed by atoms with E-state index in [-0.39, 0.29) is 6.10 Å². The maximum atomic E-state index is 9.80. The van der Waals surface area contributed by atoms with Crippen LogP contribution in [-0.2, 0) is 9.47 Å². The quantitative estimate of drug-likeness (QED) is 0.516. The van der Waals surface area contributed by atoms with Gasteiger partial charge in [-0.25, -0.2) is 0 Å². The Balaban J connectivity index is 1.95. The van der Waals surface area contributed by atoms with Gasteiger partial charge in [-0.15, -0.1) is 0 Å². The molecule has 0 aromatic carbocycles. The summed E-state index contributed by atoms with van der Waals surface area (Å²) in [7, 11) is 0. The topological polar surface area (TPSA) is 99.4 Å². The van der Waals surface area contributed by atoms with Gasteiger partial charge in [-0.2, -0.15) is 0 Å². The van der Waals surface area contributed by atoms with E-state index in [1.54, 1.807) is 6.92 Å². The Bertz CT molecular complexity index is 273. The number of aliphatic hydroxyl groups excluding tert-OH is 4. The predicted octanol–water partition coefficient (Wildman–Crippen LogP) is -0.866. The van der Waals surface area contributed by atoms with Crippen molar-refractivity contribution in [3.8, 4) is 0 Å². The Morgan fingerprint density at radius 3 is 2.28 bits per heavy atom. The van der Waals surface area contributed by atoms with Crippen LogP contribution in [0.1, 0.15) is 32.6 Å². The highest BCUT2D eigenvalue weighted by Gasteiger charge is 2.44. The minimum absolute atomic E-state index is 0.381. The number of hydrogen-bond donors (Lipinski definition) is 4. The molecule has 1 saturated carbocycles. The fourth-order valence-corrected chi connectivity index (χ4v) is 2.53. The first kappa shape index (κ1) is 14.2. The van der Waals surface area contributed by atoms with Crippen LogP contribution >= 0.6 is 0 Å². The molecule has 2 rings (SSSR count). The molecule has 4 N–H and O–H groups in total. The lowest BCUT2D eigenvalue weighted by Crippen LogP contribution is -2.58. The molecule has 2 fully saturated rings. The fraction of sp³-hybridized carbons (Fsp3) is 1.00. The van der Waals surface area contributed by atoms with Crippen molar-refractivity contribution < 1.29 is 29.9 Å². The molecule has 0 radical (unpaired) electrons. The molecule has 1 aliphatic carbocycles. The number of rotatable bonds is 2. The van der Waals surface area contributed by atoms with E-state index < -0.39 is 36.8 Å². The summed E-state index contributed by atoms with van der Waals surface area (Å²) in [6.45, 7) is 1.60. The van der Waals surface area contributed by atoms with Crippen molar-refractivity contribution in [1.82, 2.24) is 0 Å². The summed E-state index contributed by atoms with van der Waals surface area (Å²) in [6.07, 6.45) is -2.97. The molecule has 0 bridgehead atoms. The third-order valence-electron chi connectivity index (χ3n) is 3.78. The fourth-order valence-electron chi connectivity index (χ4n) is 2.53. The number of aliphatic hydroxyl groups is 4. The minimum atomic E-state index is -1.30. The molecule has 1 saturated heterocycles. The van der Waals surface area contributed by atoms with Crippen LogP contribution in [0, 0.1) is 0 Å². The highest BCUT2D eigenvalue weighted by molar-refractivity contribution is 4.88. The number of ether oxygens (including phenoxy) is 2. The zero-order valence-electron chi connectivity index (χ0n) is 10.5. The highest BCUT2D eigenvalue weighted by atomic mass is 16.7. The Morgan fingerprint density at radius 1 is 0.944 bits per heavy atom. The van der Waals surface area contributed by atoms with Crippen LogP contribution in [0.15, 0.2) is 0 Å². The van der Waals surface area contributed by atoms with Crippen LogP contribution in [0.5, 0.6) is 0 Å². The Kier molecular flexibility index (Phi) is 4.58. The van der Waals surface area contributed by atoms with Gasteiger partial charge in [-0.3, -0.25) is 0 Å². The average molecular weight is 262 g/mol. The largest absolute Gasteiger partial charge is 0.390 e. The predicted molar refractivity (Wildman–Crippen MR) is 61.7 cm³/mol. The third-order valence-corrected chi connectivity index (χ3v) is 3.78. The van der Waals surface area contributed by atoms with E-state index in [1.165, 1.54) is 0 Å². The first-order valence-electron chi connectivity index (χ1n) is 6.54. The molecule has 6 nitrogen and oxygen atoms in total. The Labute approximate surface area is 106 Å². The van der Waals surface area contributed by atoms with Crippen LogP contribution < -0.4 is 0 Å². The van der Waals surface area contributed by atoms with Gasteiger partial charge in [0.05, 0.1) is 18.3 Å². The molecule has 1 heterocycles. The van der Waals surface area contributed by atoms with Gasteiger partial charge in [-0.05, 0) is 19.8 Å². The molecule has 0 spiro atoms. The Morgan fingerprint density at radius 2 is 1.61 bits per heavy atom. The summed E-state index contributed by atoms with van der Waals surface area (Å²) in [4.78, 5) is 0. The van der Waals surface area contributed by atoms with Crippen molar-refractivity contribution in [2.75, 3.05) is 0 Å². The lowest BCUT2D eigenvalue weighted by Gasteiger charge is -2.41. The van der Waals surface area contributed by atoms with Crippen molar-refractivity contribution >= 4 is 0 Å². The van der Waals surface area contributed by atoms with Crippen molar-refractivity contribution in [3.05, 3.63) is 0 Å². The zero-order valence-corrected chi connectivity index (χ0v) is 10.5. The number of hydrogen-bond acceptors (Lipinski definition) is 6. The van der Waals surface area contributed by atoms with Gasteiger partial charge in [0.25, 0.3) is 0 Å². The van der Waals surface area contributed by atoms with Gasteiger partial charge in [0.2, 0.25) is 0 Å². The first-order valence-corrected chi connectivity index (χ1v) is 6.54. The SMILES string of the molecule is C[C@H]1O[C@@H](O[C@@H]2CCCC[C@H]2O)[C@H](O)[C@@H](O)[C@H]1O. The monoisotopic (exact) mass is 262 g/mol. The molecular formula is C12H22O6. The van der Waals surface area contributed by atoms with Gasteiger partial charge in [0.1, 0.15) is 18.3 Å². The first-order chi connectivity index (χ1) is 8.50. The zero-order chi connectivity index (χ0) is 13.3. The van der Waals surface area contributed by atoms with Crippen LogP contribution in [0.2, 0.25) is 0 Å². The van der Waals surface area contributed by atoms with Gasteiger partial charge < -0.3 is 29.9 Å². The van der Waals surface area contributed by atoms with Gasteiger partial charge in [0.15, 0.2) is 6.29 Å². The summed E-state index contributed by atoms with van der Waals surface area (Å²) in [6, 6.07) is 0. The lowest BCUT2D eigenvalue weighted by molar-refractivity contribution is -0.312. The van der Waals surface area contributed by atoms with Gasteiger partial charge >= 0.3 is 0 Å². The van der Waals surface area contributed by atoms with Gasteiger partial charge in [0, 0.05) is 0 Å². The van der Waals surface area contributed by atoms with Gasteiger partial charge in [-0.1, -0.05) is 12.8 Å².